The van der Waals surface area contributed by atoms with Crippen molar-refractivity contribution in [2.45, 2.75) is 18.8 Å². The van der Waals surface area contributed by atoms with E-state index in [0.29, 0.717) is 5.69 Å². The molecule has 4 nitrogen and oxygen atoms in total. The molecule has 0 saturated carbocycles. The molecular formula is C10H12F4N2O2. The monoisotopic (exact) mass is 268 g/mol. The third kappa shape index (κ3) is 4.44. The van der Waals surface area contributed by atoms with Crippen molar-refractivity contribution in [2.24, 2.45) is 7.05 Å². The van der Waals surface area contributed by atoms with Crippen molar-refractivity contribution in [1.82, 2.24) is 9.78 Å². The number of carbonyl (C=O) groups excluding carboxylic acids is 1. The van der Waals surface area contributed by atoms with Crippen LogP contribution >= 0.6 is 0 Å². The van der Waals surface area contributed by atoms with E-state index < -0.39 is 31.3 Å². The number of aromatic nitrogens is 2. The summed E-state index contributed by atoms with van der Waals surface area (Å²) in [7, 11) is 1.66. The quantitative estimate of drug-likeness (QED) is 0.703. The molecule has 1 aromatic rings. The van der Waals surface area contributed by atoms with E-state index in [2.05, 4.69) is 9.84 Å². The van der Waals surface area contributed by atoms with E-state index in [0.717, 1.165) is 0 Å². The number of ether oxygens (including phenoxy) is 1. The molecule has 0 fully saturated rings. The first kappa shape index (κ1) is 14.6. The number of aryl methyl sites for hydroxylation is 1. The van der Waals surface area contributed by atoms with Crippen LogP contribution in [0, 0.1) is 0 Å². The molecule has 0 radical (unpaired) electrons. The second-order valence-electron chi connectivity index (χ2n) is 3.75. The highest BCUT2D eigenvalue weighted by Crippen LogP contribution is 2.22. The molecule has 0 amide bonds. The van der Waals surface area contributed by atoms with E-state index in [1.165, 1.54) is 4.68 Å². The molecule has 0 aliphatic carbocycles. The molecule has 8 heteroatoms. The molecule has 0 bridgehead atoms. The lowest BCUT2D eigenvalue weighted by Crippen LogP contribution is -2.33. The Bertz CT molecular complexity index is 406. The van der Waals surface area contributed by atoms with Gasteiger partial charge < -0.3 is 4.74 Å². The minimum absolute atomic E-state index is 0.0823. The normalized spacial score (nSPS) is 12.1. The Labute approximate surface area is 101 Å². The van der Waals surface area contributed by atoms with Gasteiger partial charge in [-0.3, -0.25) is 9.48 Å². The zero-order valence-corrected chi connectivity index (χ0v) is 9.58. The molecule has 1 rings (SSSR count). The molecule has 0 aromatic carbocycles. The predicted molar refractivity (Wildman–Crippen MR) is 53.7 cm³/mol. The highest BCUT2D eigenvalue weighted by atomic mass is 19.3. The number of ketones is 1. The van der Waals surface area contributed by atoms with Crippen LogP contribution in [-0.4, -0.2) is 41.1 Å². The molecule has 102 valence electrons. The smallest absolute Gasteiger partial charge is 0.330 e. The molecular weight excluding hydrogens is 256 g/mol. The first-order chi connectivity index (χ1) is 8.31. The Hall–Kier alpha value is -1.44. The van der Waals surface area contributed by atoms with E-state index in [9.17, 15) is 22.4 Å². The molecule has 1 heterocycles. The van der Waals surface area contributed by atoms with Gasteiger partial charge in [0.25, 0.3) is 0 Å². The van der Waals surface area contributed by atoms with Crippen LogP contribution in [0.15, 0.2) is 12.3 Å². The van der Waals surface area contributed by atoms with Crippen LogP contribution in [0.4, 0.5) is 17.6 Å². The molecule has 0 N–H and O–H groups in total. The average molecular weight is 268 g/mol. The van der Waals surface area contributed by atoms with Crippen LogP contribution in [0.3, 0.4) is 0 Å². The fourth-order valence-corrected chi connectivity index (χ4v) is 1.17. The fraction of sp³-hybridized carbons (Fsp3) is 0.600. The highest BCUT2D eigenvalue weighted by Gasteiger charge is 2.41. The maximum atomic E-state index is 12.4. The van der Waals surface area contributed by atoms with Gasteiger partial charge in [-0.2, -0.15) is 13.9 Å². The molecule has 0 saturated heterocycles. The third-order valence-corrected chi connectivity index (χ3v) is 2.02. The van der Waals surface area contributed by atoms with Crippen molar-refractivity contribution in [3.05, 3.63) is 18.0 Å². The van der Waals surface area contributed by atoms with Gasteiger partial charge in [0.05, 0.1) is 12.1 Å². The van der Waals surface area contributed by atoms with E-state index >= 15 is 0 Å². The lowest BCUT2D eigenvalue weighted by Gasteiger charge is -2.14. The van der Waals surface area contributed by atoms with Crippen LogP contribution in [0.5, 0.6) is 0 Å². The average Bonchev–Trinajstić information content (AvgIpc) is 2.63. The number of hydrogen-bond donors (Lipinski definition) is 0. The summed E-state index contributed by atoms with van der Waals surface area (Å²) in [6, 6.07) is 1.59. The van der Waals surface area contributed by atoms with Crippen molar-refractivity contribution in [1.29, 1.82) is 0 Å². The van der Waals surface area contributed by atoms with Crippen LogP contribution < -0.4 is 0 Å². The number of carbonyl (C=O) groups is 1. The third-order valence-electron chi connectivity index (χ3n) is 2.02. The number of nitrogens with zero attached hydrogens (tertiary/aromatic N) is 2. The van der Waals surface area contributed by atoms with Gasteiger partial charge in [-0.05, 0) is 6.07 Å². The molecule has 0 atom stereocenters. The Kier molecular flexibility index (Phi) is 4.83. The minimum Gasteiger partial charge on any atom is -0.367 e. The maximum absolute atomic E-state index is 12.4. The van der Waals surface area contributed by atoms with Gasteiger partial charge >= 0.3 is 12.3 Å². The van der Waals surface area contributed by atoms with Gasteiger partial charge in [0, 0.05) is 13.2 Å². The summed E-state index contributed by atoms with van der Waals surface area (Å²) in [6.07, 6.45) is -2.27. The summed E-state index contributed by atoms with van der Waals surface area (Å²) in [5, 5.41) is 3.91. The Balaban J connectivity index is 2.30. The van der Waals surface area contributed by atoms with Crippen LogP contribution in [-0.2, 0) is 23.0 Å². The molecule has 0 aliphatic heterocycles. The topological polar surface area (TPSA) is 44.1 Å². The Morgan fingerprint density at radius 1 is 1.56 bits per heavy atom. The van der Waals surface area contributed by atoms with E-state index in [4.69, 9.17) is 0 Å². The minimum atomic E-state index is -4.23. The Morgan fingerprint density at radius 2 is 2.22 bits per heavy atom. The molecule has 0 spiro atoms. The summed E-state index contributed by atoms with van der Waals surface area (Å²) in [5.41, 5.74) is 0.465. The number of Topliss-reactive ketones (excluding diaryl/α,β-unsaturated/α-hetero) is 1. The number of hydrogen-bond acceptors (Lipinski definition) is 3. The number of alkyl halides is 4. The number of rotatable bonds is 7. The second kappa shape index (κ2) is 5.94. The first-order valence-electron chi connectivity index (χ1n) is 5.05. The van der Waals surface area contributed by atoms with Gasteiger partial charge in [-0.15, -0.1) is 0 Å². The molecule has 0 aliphatic rings. The lowest BCUT2D eigenvalue weighted by molar-refractivity contribution is -0.168. The van der Waals surface area contributed by atoms with Crippen molar-refractivity contribution >= 4 is 5.78 Å². The van der Waals surface area contributed by atoms with Gasteiger partial charge in [0.15, 0.2) is 5.78 Å². The van der Waals surface area contributed by atoms with Crippen molar-refractivity contribution in [2.75, 3.05) is 13.2 Å². The van der Waals surface area contributed by atoms with E-state index in [1.807, 2.05) is 0 Å². The van der Waals surface area contributed by atoms with Crippen LogP contribution in [0.1, 0.15) is 5.69 Å². The van der Waals surface area contributed by atoms with Crippen LogP contribution in [0.2, 0.25) is 0 Å². The fourth-order valence-electron chi connectivity index (χ4n) is 1.17. The molecule has 18 heavy (non-hydrogen) atoms. The van der Waals surface area contributed by atoms with Gasteiger partial charge in [-0.1, -0.05) is 0 Å². The van der Waals surface area contributed by atoms with Gasteiger partial charge in [0.1, 0.15) is 13.2 Å². The summed E-state index contributed by atoms with van der Waals surface area (Å²) in [5.74, 6) is -4.73. The summed E-state index contributed by atoms with van der Waals surface area (Å²) in [4.78, 5) is 11.3. The number of halogens is 4. The summed E-state index contributed by atoms with van der Waals surface area (Å²) < 4.78 is 54.1. The standard InChI is InChI=1S/C10H12F4N2O2/c1-16-3-2-7(15-16)4-8(17)5-18-6-10(13,14)9(11)12/h2-3,9H,4-6H2,1H3. The maximum Gasteiger partial charge on any atom is 0.330 e. The van der Waals surface area contributed by atoms with Gasteiger partial charge in [0.2, 0.25) is 0 Å². The molecule has 1 aromatic heterocycles. The van der Waals surface area contributed by atoms with Crippen molar-refractivity contribution in [3.63, 3.8) is 0 Å². The predicted octanol–water partition coefficient (Wildman–Crippen LogP) is 1.45. The second-order valence-corrected chi connectivity index (χ2v) is 3.75. The lowest BCUT2D eigenvalue weighted by atomic mass is 10.2. The zero-order valence-electron chi connectivity index (χ0n) is 9.58. The van der Waals surface area contributed by atoms with Crippen molar-refractivity contribution in [3.8, 4) is 0 Å². The SMILES string of the molecule is Cn1ccc(CC(=O)COCC(F)(F)C(F)F)n1. The van der Waals surface area contributed by atoms with Crippen LogP contribution in [0.25, 0.3) is 0 Å². The Morgan fingerprint density at radius 3 is 2.72 bits per heavy atom. The first-order valence-corrected chi connectivity index (χ1v) is 5.05. The van der Waals surface area contributed by atoms with Gasteiger partial charge in [-0.25, -0.2) is 8.78 Å². The van der Waals surface area contributed by atoms with Crippen molar-refractivity contribution < 1.29 is 27.1 Å². The van der Waals surface area contributed by atoms with E-state index in [1.54, 1.807) is 19.3 Å². The highest BCUT2D eigenvalue weighted by molar-refractivity contribution is 5.81. The largest absolute Gasteiger partial charge is 0.367 e. The van der Waals surface area contributed by atoms with E-state index in [-0.39, 0.29) is 6.42 Å². The molecule has 0 unspecified atom stereocenters. The summed E-state index contributed by atoms with van der Waals surface area (Å²) in [6.45, 7) is -2.11. The zero-order chi connectivity index (χ0) is 13.8. The summed E-state index contributed by atoms with van der Waals surface area (Å²) >= 11 is 0.